The van der Waals surface area contributed by atoms with Gasteiger partial charge in [0.25, 0.3) is 0 Å². The number of aromatic nitrogens is 2. The first-order valence-electron chi connectivity index (χ1n) is 8.53. The van der Waals surface area contributed by atoms with E-state index in [1.54, 1.807) is 11.3 Å². The van der Waals surface area contributed by atoms with Gasteiger partial charge in [0.1, 0.15) is 10.6 Å². The number of hydrogen-bond acceptors (Lipinski definition) is 4. The van der Waals surface area contributed by atoms with Crippen molar-refractivity contribution >= 4 is 39.0 Å². The highest BCUT2D eigenvalue weighted by Crippen LogP contribution is 2.40. The summed E-state index contributed by atoms with van der Waals surface area (Å²) < 4.78 is 0. The molecule has 0 radical (unpaired) electrons. The molecule has 0 spiro atoms. The number of thiophene rings is 1. The van der Waals surface area contributed by atoms with Crippen LogP contribution in [-0.2, 0) is 19.4 Å². The fourth-order valence-corrected chi connectivity index (χ4v) is 4.95. The van der Waals surface area contributed by atoms with Crippen LogP contribution in [0.4, 0.5) is 5.82 Å². The van der Waals surface area contributed by atoms with Gasteiger partial charge in [0, 0.05) is 18.0 Å². The quantitative estimate of drug-likeness (QED) is 0.597. The second kappa shape index (κ2) is 6.69. The Morgan fingerprint density at radius 1 is 1.12 bits per heavy atom. The average Bonchev–Trinajstić information content (AvgIpc) is 2.98. The summed E-state index contributed by atoms with van der Waals surface area (Å²) in [5.74, 6) is 0.996. The maximum absolute atomic E-state index is 6.25. The van der Waals surface area contributed by atoms with Crippen LogP contribution in [0, 0.1) is 0 Å². The highest BCUT2D eigenvalue weighted by molar-refractivity contribution is 7.19. The molecular weight excluding hydrogens is 338 g/mol. The van der Waals surface area contributed by atoms with Crippen LogP contribution in [0.5, 0.6) is 0 Å². The maximum atomic E-state index is 6.25. The monoisotopic (exact) mass is 357 g/mol. The van der Waals surface area contributed by atoms with Crippen molar-refractivity contribution in [1.82, 2.24) is 9.97 Å². The summed E-state index contributed by atoms with van der Waals surface area (Å²) in [5.41, 5.74) is 2.74. The smallest absolute Gasteiger partial charge is 0.225 e. The summed E-state index contributed by atoms with van der Waals surface area (Å²) in [6, 6.07) is 10.5. The molecule has 0 unspecified atom stereocenters. The lowest BCUT2D eigenvalue weighted by atomic mass is 9.97. The molecule has 0 saturated carbocycles. The predicted molar refractivity (Wildman–Crippen MR) is 102 cm³/mol. The third kappa shape index (κ3) is 2.89. The minimum absolute atomic E-state index is 0.350. The van der Waals surface area contributed by atoms with Crippen LogP contribution < -0.4 is 4.90 Å². The third-order valence-electron chi connectivity index (χ3n) is 4.67. The van der Waals surface area contributed by atoms with Crippen LogP contribution in [0.15, 0.2) is 30.3 Å². The molecule has 0 atom stereocenters. The normalized spacial score (nSPS) is 13.9. The van der Waals surface area contributed by atoms with Gasteiger partial charge in [-0.25, -0.2) is 4.98 Å². The molecule has 3 nitrogen and oxygen atoms in total. The molecule has 5 heteroatoms. The van der Waals surface area contributed by atoms with E-state index in [0.717, 1.165) is 36.6 Å². The van der Waals surface area contributed by atoms with E-state index in [9.17, 15) is 0 Å². The van der Waals surface area contributed by atoms with Crippen LogP contribution in [0.3, 0.4) is 0 Å². The van der Waals surface area contributed by atoms with Gasteiger partial charge in [-0.3, -0.25) is 0 Å². The van der Waals surface area contributed by atoms with Crippen molar-refractivity contribution in [3.63, 3.8) is 0 Å². The van der Waals surface area contributed by atoms with Crippen molar-refractivity contribution in [3.8, 4) is 0 Å². The highest BCUT2D eigenvalue weighted by atomic mass is 35.5. The standard InChI is InChI=1S/C19H20ClN3S/c1-2-23(12-13-8-4-3-5-9-13)17-16-14-10-6-7-11-15(14)24-18(16)22-19(20)21-17/h3-5,8-9H,2,6-7,10-12H2,1H3. The van der Waals surface area contributed by atoms with E-state index in [-0.39, 0.29) is 0 Å². The number of nitrogens with zero attached hydrogens (tertiary/aromatic N) is 3. The summed E-state index contributed by atoms with van der Waals surface area (Å²) in [4.78, 5) is 14.0. The van der Waals surface area contributed by atoms with Gasteiger partial charge in [-0.2, -0.15) is 4.98 Å². The summed E-state index contributed by atoms with van der Waals surface area (Å²) >= 11 is 8.05. The molecule has 1 aromatic carbocycles. The number of fused-ring (bicyclic) bond motifs is 3. The first-order chi connectivity index (χ1) is 11.8. The largest absolute Gasteiger partial charge is 0.352 e. The fraction of sp³-hybridized carbons (Fsp3) is 0.368. The third-order valence-corrected chi connectivity index (χ3v) is 6.02. The first-order valence-corrected chi connectivity index (χ1v) is 9.72. The number of aryl methyl sites for hydroxylation is 2. The van der Waals surface area contributed by atoms with Gasteiger partial charge in [0.05, 0.1) is 5.39 Å². The molecule has 0 N–H and O–H groups in total. The molecule has 124 valence electrons. The Kier molecular flexibility index (Phi) is 4.42. The minimum Gasteiger partial charge on any atom is -0.352 e. The first kappa shape index (κ1) is 15.9. The van der Waals surface area contributed by atoms with Gasteiger partial charge in [0.2, 0.25) is 5.28 Å². The maximum Gasteiger partial charge on any atom is 0.225 e. The zero-order valence-corrected chi connectivity index (χ0v) is 15.3. The molecule has 0 saturated heterocycles. The van der Waals surface area contributed by atoms with E-state index >= 15 is 0 Å². The highest BCUT2D eigenvalue weighted by Gasteiger charge is 2.23. The van der Waals surface area contributed by atoms with Crippen molar-refractivity contribution in [3.05, 3.63) is 51.6 Å². The molecular formula is C19H20ClN3S. The predicted octanol–water partition coefficient (Wildman–Crippen LogP) is 5.25. The Bertz CT molecular complexity index is 860. The number of hydrogen-bond donors (Lipinski definition) is 0. The van der Waals surface area contributed by atoms with E-state index in [1.807, 2.05) is 0 Å². The molecule has 2 heterocycles. The van der Waals surface area contributed by atoms with Gasteiger partial charge in [-0.05, 0) is 55.3 Å². The van der Waals surface area contributed by atoms with Crippen LogP contribution in [0.25, 0.3) is 10.2 Å². The van der Waals surface area contributed by atoms with E-state index in [2.05, 4.69) is 52.1 Å². The molecule has 2 aromatic heterocycles. The number of rotatable bonds is 4. The minimum atomic E-state index is 0.350. The van der Waals surface area contributed by atoms with Gasteiger partial charge < -0.3 is 4.90 Å². The number of halogens is 1. The van der Waals surface area contributed by atoms with Crippen molar-refractivity contribution in [2.45, 2.75) is 39.2 Å². The molecule has 0 amide bonds. The Morgan fingerprint density at radius 3 is 2.71 bits per heavy atom. The molecule has 0 fully saturated rings. The molecule has 4 rings (SSSR count). The van der Waals surface area contributed by atoms with Crippen LogP contribution in [0.1, 0.15) is 35.8 Å². The lowest BCUT2D eigenvalue weighted by Gasteiger charge is -2.24. The van der Waals surface area contributed by atoms with E-state index < -0.39 is 0 Å². The summed E-state index contributed by atoms with van der Waals surface area (Å²) in [7, 11) is 0. The number of benzene rings is 1. The van der Waals surface area contributed by atoms with Gasteiger partial charge >= 0.3 is 0 Å². The van der Waals surface area contributed by atoms with Gasteiger partial charge in [0.15, 0.2) is 0 Å². The Labute approximate surface area is 151 Å². The average molecular weight is 358 g/mol. The van der Waals surface area contributed by atoms with Crippen LogP contribution >= 0.6 is 22.9 Å². The molecule has 1 aliphatic carbocycles. The SMILES string of the molecule is CCN(Cc1ccccc1)c1nc(Cl)nc2sc3c(c12)CCCC3. The van der Waals surface area contributed by atoms with Crippen molar-refractivity contribution in [2.75, 3.05) is 11.4 Å². The zero-order chi connectivity index (χ0) is 16.5. The Balaban J connectivity index is 1.83. The van der Waals surface area contributed by atoms with Crippen LogP contribution in [-0.4, -0.2) is 16.5 Å². The number of anilines is 1. The zero-order valence-electron chi connectivity index (χ0n) is 13.8. The molecule has 3 aromatic rings. The van der Waals surface area contributed by atoms with E-state index in [1.165, 1.54) is 34.2 Å². The lowest BCUT2D eigenvalue weighted by molar-refractivity contribution is 0.699. The lowest BCUT2D eigenvalue weighted by Crippen LogP contribution is -2.23. The van der Waals surface area contributed by atoms with Crippen molar-refractivity contribution in [2.24, 2.45) is 0 Å². The topological polar surface area (TPSA) is 29.0 Å². The molecule has 0 bridgehead atoms. The second-order valence-corrected chi connectivity index (χ2v) is 7.63. The van der Waals surface area contributed by atoms with Crippen molar-refractivity contribution in [1.29, 1.82) is 0 Å². The second-order valence-electron chi connectivity index (χ2n) is 6.21. The van der Waals surface area contributed by atoms with E-state index in [4.69, 9.17) is 11.6 Å². The van der Waals surface area contributed by atoms with Crippen LogP contribution in [0.2, 0.25) is 5.28 Å². The van der Waals surface area contributed by atoms with Gasteiger partial charge in [-0.1, -0.05) is 30.3 Å². The van der Waals surface area contributed by atoms with Gasteiger partial charge in [-0.15, -0.1) is 11.3 Å². The molecule has 0 aliphatic heterocycles. The summed E-state index contributed by atoms with van der Waals surface area (Å²) in [6.45, 7) is 3.90. The summed E-state index contributed by atoms with van der Waals surface area (Å²) in [6.07, 6.45) is 4.83. The Morgan fingerprint density at radius 2 is 1.92 bits per heavy atom. The summed E-state index contributed by atoms with van der Waals surface area (Å²) in [5, 5.41) is 1.58. The molecule has 24 heavy (non-hydrogen) atoms. The van der Waals surface area contributed by atoms with E-state index in [0.29, 0.717) is 5.28 Å². The molecule has 1 aliphatic rings. The Hall–Kier alpha value is -1.65. The van der Waals surface area contributed by atoms with Crippen molar-refractivity contribution < 1.29 is 0 Å². The fourth-order valence-electron chi connectivity index (χ4n) is 3.48.